The third-order valence-electron chi connectivity index (χ3n) is 3.09. The molecule has 0 aliphatic carbocycles. The van der Waals surface area contributed by atoms with Gasteiger partial charge in [0.05, 0.1) is 12.7 Å². The molecule has 1 aliphatic heterocycles. The van der Waals surface area contributed by atoms with Crippen molar-refractivity contribution in [2.24, 2.45) is 0 Å². The normalized spacial score (nSPS) is 23.5. The van der Waals surface area contributed by atoms with Crippen molar-refractivity contribution in [3.63, 3.8) is 0 Å². The number of benzene rings is 1. The molecular weight excluding hydrogens is 271 g/mol. The highest BCUT2D eigenvalue weighted by Gasteiger charge is 2.24. The van der Waals surface area contributed by atoms with Crippen LogP contribution >= 0.6 is 23.2 Å². The van der Waals surface area contributed by atoms with Crippen LogP contribution in [-0.2, 0) is 15.9 Å². The van der Waals surface area contributed by atoms with Gasteiger partial charge in [-0.2, -0.15) is 0 Å². The fraction of sp³-hybridized carbons (Fsp3) is 0.571. The molecular formula is C14H18Cl2O2. The van der Waals surface area contributed by atoms with Gasteiger partial charge in [0.25, 0.3) is 0 Å². The van der Waals surface area contributed by atoms with Crippen LogP contribution in [0.3, 0.4) is 0 Å². The lowest BCUT2D eigenvalue weighted by atomic mass is 10.1. The standard InChI is InChI=1S/C14H18Cl2O2/c1-2-3-12-9-17-14(18-12)7-5-10-4-6-11(15)8-13(10)16/h4,6,8,12,14H,2-3,5,7,9H2,1H3. The van der Waals surface area contributed by atoms with Crippen LogP contribution in [0.15, 0.2) is 18.2 Å². The molecule has 1 saturated heterocycles. The maximum Gasteiger partial charge on any atom is 0.158 e. The summed E-state index contributed by atoms with van der Waals surface area (Å²) >= 11 is 12.0. The fourth-order valence-corrected chi connectivity index (χ4v) is 2.63. The summed E-state index contributed by atoms with van der Waals surface area (Å²) in [6.07, 6.45) is 4.05. The zero-order valence-corrected chi connectivity index (χ0v) is 12.0. The lowest BCUT2D eigenvalue weighted by Crippen LogP contribution is -2.12. The van der Waals surface area contributed by atoms with Crippen LogP contribution in [-0.4, -0.2) is 19.0 Å². The third-order valence-corrected chi connectivity index (χ3v) is 3.67. The Morgan fingerprint density at radius 3 is 2.83 bits per heavy atom. The molecule has 4 heteroatoms. The molecule has 0 saturated carbocycles. The van der Waals surface area contributed by atoms with Gasteiger partial charge in [-0.25, -0.2) is 0 Å². The van der Waals surface area contributed by atoms with Crippen molar-refractivity contribution in [1.82, 2.24) is 0 Å². The summed E-state index contributed by atoms with van der Waals surface area (Å²) in [7, 11) is 0. The van der Waals surface area contributed by atoms with Gasteiger partial charge in [-0.3, -0.25) is 0 Å². The minimum Gasteiger partial charge on any atom is -0.350 e. The van der Waals surface area contributed by atoms with E-state index in [1.807, 2.05) is 12.1 Å². The Labute approximate surface area is 118 Å². The minimum absolute atomic E-state index is 0.0895. The Balaban J connectivity index is 1.81. The summed E-state index contributed by atoms with van der Waals surface area (Å²) in [5.74, 6) is 0. The minimum atomic E-state index is -0.0895. The van der Waals surface area contributed by atoms with Crippen molar-refractivity contribution in [2.45, 2.75) is 45.0 Å². The van der Waals surface area contributed by atoms with Crippen LogP contribution < -0.4 is 0 Å². The zero-order valence-electron chi connectivity index (χ0n) is 10.5. The molecule has 0 bridgehead atoms. The van der Waals surface area contributed by atoms with E-state index in [0.717, 1.165) is 31.2 Å². The smallest absolute Gasteiger partial charge is 0.158 e. The number of hydrogen-bond donors (Lipinski definition) is 0. The second-order valence-electron chi connectivity index (χ2n) is 4.58. The molecule has 1 aromatic carbocycles. The van der Waals surface area contributed by atoms with Gasteiger partial charge >= 0.3 is 0 Å². The van der Waals surface area contributed by atoms with Gasteiger partial charge < -0.3 is 9.47 Å². The van der Waals surface area contributed by atoms with Crippen molar-refractivity contribution >= 4 is 23.2 Å². The average Bonchev–Trinajstić information content (AvgIpc) is 2.76. The first-order valence-corrected chi connectivity index (χ1v) is 7.15. The maximum atomic E-state index is 6.13. The summed E-state index contributed by atoms with van der Waals surface area (Å²) in [4.78, 5) is 0. The molecule has 0 radical (unpaired) electrons. The highest BCUT2D eigenvalue weighted by atomic mass is 35.5. The summed E-state index contributed by atoms with van der Waals surface area (Å²) in [6, 6.07) is 5.59. The summed E-state index contributed by atoms with van der Waals surface area (Å²) in [5, 5.41) is 1.38. The highest BCUT2D eigenvalue weighted by Crippen LogP contribution is 2.25. The topological polar surface area (TPSA) is 18.5 Å². The van der Waals surface area contributed by atoms with E-state index in [-0.39, 0.29) is 12.4 Å². The van der Waals surface area contributed by atoms with Gasteiger partial charge in [0.2, 0.25) is 0 Å². The van der Waals surface area contributed by atoms with E-state index in [0.29, 0.717) is 16.7 Å². The van der Waals surface area contributed by atoms with Gasteiger partial charge in [0.15, 0.2) is 6.29 Å². The third kappa shape index (κ3) is 3.86. The maximum absolute atomic E-state index is 6.13. The van der Waals surface area contributed by atoms with Crippen LogP contribution in [0.2, 0.25) is 10.0 Å². The number of hydrogen-bond acceptors (Lipinski definition) is 2. The van der Waals surface area contributed by atoms with Crippen LogP contribution in [0.5, 0.6) is 0 Å². The molecule has 2 rings (SSSR count). The Morgan fingerprint density at radius 2 is 2.11 bits per heavy atom. The van der Waals surface area contributed by atoms with Crippen molar-refractivity contribution in [2.75, 3.05) is 6.61 Å². The molecule has 0 aromatic heterocycles. The van der Waals surface area contributed by atoms with Gasteiger partial charge in [-0.15, -0.1) is 0 Å². The molecule has 0 N–H and O–H groups in total. The Morgan fingerprint density at radius 1 is 1.28 bits per heavy atom. The van der Waals surface area contributed by atoms with E-state index in [4.69, 9.17) is 32.7 Å². The first-order chi connectivity index (χ1) is 8.69. The second-order valence-corrected chi connectivity index (χ2v) is 5.43. The van der Waals surface area contributed by atoms with Crippen molar-refractivity contribution in [1.29, 1.82) is 0 Å². The van der Waals surface area contributed by atoms with Crippen molar-refractivity contribution < 1.29 is 9.47 Å². The number of aryl methyl sites for hydroxylation is 1. The van der Waals surface area contributed by atoms with E-state index in [1.54, 1.807) is 6.07 Å². The molecule has 1 heterocycles. The quantitative estimate of drug-likeness (QED) is 0.796. The predicted molar refractivity (Wildman–Crippen MR) is 74.3 cm³/mol. The molecule has 1 fully saturated rings. The van der Waals surface area contributed by atoms with Gasteiger partial charge in [-0.1, -0.05) is 42.6 Å². The fourth-order valence-electron chi connectivity index (χ4n) is 2.13. The van der Waals surface area contributed by atoms with E-state index in [2.05, 4.69) is 6.92 Å². The Kier molecular flexibility index (Phi) is 5.31. The lowest BCUT2D eigenvalue weighted by molar-refractivity contribution is -0.0625. The largest absolute Gasteiger partial charge is 0.350 e. The number of rotatable bonds is 5. The van der Waals surface area contributed by atoms with Crippen LogP contribution in [0, 0.1) is 0 Å². The van der Waals surface area contributed by atoms with Gasteiger partial charge in [-0.05, 0) is 30.5 Å². The first-order valence-electron chi connectivity index (χ1n) is 6.40. The molecule has 1 aromatic rings. The number of halogens is 2. The van der Waals surface area contributed by atoms with Gasteiger partial charge in [0.1, 0.15) is 0 Å². The second kappa shape index (κ2) is 6.76. The molecule has 0 spiro atoms. The van der Waals surface area contributed by atoms with E-state index in [1.165, 1.54) is 0 Å². The van der Waals surface area contributed by atoms with E-state index in [9.17, 15) is 0 Å². The van der Waals surface area contributed by atoms with Crippen LogP contribution in [0.25, 0.3) is 0 Å². The molecule has 2 atom stereocenters. The molecule has 1 aliphatic rings. The molecule has 0 amide bonds. The summed E-state index contributed by atoms with van der Waals surface area (Å²) in [5.41, 5.74) is 1.09. The molecule has 2 nitrogen and oxygen atoms in total. The van der Waals surface area contributed by atoms with E-state index < -0.39 is 0 Å². The number of ether oxygens (including phenoxy) is 2. The lowest BCUT2D eigenvalue weighted by Gasteiger charge is -2.11. The predicted octanol–water partition coefficient (Wildman–Crippen LogP) is 4.47. The first kappa shape index (κ1) is 14.1. The summed E-state index contributed by atoms with van der Waals surface area (Å²) < 4.78 is 11.4. The zero-order chi connectivity index (χ0) is 13.0. The van der Waals surface area contributed by atoms with E-state index >= 15 is 0 Å². The Bertz CT molecular complexity index is 395. The molecule has 18 heavy (non-hydrogen) atoms. The van der Waals surface area contributed by atoms with Crippen molar-refractivity contribution in [3.8, 4) is 0 Å². The summed E-state index contributed by atoms with van der Waals surface area (Å²) in [6.45, 7) is 2.87. The van der Waals surface area contributed by atoms with Gasteiger partial charge in [0, 0.05) is 16.5 Å². The van der Waals surface area contributed by atoms with Crippen LogP contribution in [0.1, 0.15) is 31.7 Å². The molecule has 100 valence electrons. The average molecular weight is 289 g/mol. The van der Waals surface area contributed by atoms with Crippen molar-refractivity contribution in [3.05, 3.63) is 33.8 Å². The molecule has 2 unspecified atom stereocenters. The highest BCUT2D eigenvalue weighted by molar-refractivity contribution is 6.35. The SMILES string of the molecule is CCCC1COC(CCc2ccc(Cl)cc2Cl)O1. The monoisotopic (exact) mass is 288 g/mol. The Hall–Kier alpha value is -0.280. The van der Waals surface area contributed by atoms with Crippen LogP contribution in [0.4, 0.5) is 0 Å².